The Morgan fingerprint density at radius 2 is 1.76 bits per heavy atom. The van der Waals surface area contributed by atoms with Crippen molar-refractivity contribution >= 4 is 18.5 Å². The van der Waals surface area contributed by atoms with Crippen molar-refractivity contribution in [3.63, 3.8) is 0 Å². The van der Waals surface area contributed by atoms with Crippen LogP contribution in [0.3, 0.4) is 0 Å². The van der Waals surface area contributed by atoms with E-state index in [9.17, 15) is 4.57 Å². The van der Waals surface area contributed by atoms with Gasteiger partial charge in [0.1, 0.15) is 5.75 Å². The predicted octanol–water partition coefficient (Wildman–Crippen LogP) is 6.49. The highest BCUT2D eigenvalue weighted by atomic mass is 31.2. The topological polar surface area (TPSA) is 47.6 Å². The van der Waals surface area contributed by atoms with Crippen LogP contribution in [0.4, 0.5) is 5.69 Å². The van der Waals surface area contributed by atoms with E-state index in [0.717, 1.165) is 24.3 Å². The first-order valence-electron chi connectivity index (χ1n) is 10.8. The van der Waals surface area contributed by atoms with E-state index in [0.29, 0.717) is 29.7 Å². The second-order valence-electron chi connectivity index (χ2n) is 8.43. The summed E-state index contributed by atoms with van der Waals surface area (Å²) < 4.78 is 26.2. The van der Waals surface area contributed by atoms with Crippen LogP contribution in [-0.2, 0) is 9.09 Å². The van der Waals surface area contributed by atoms with E-state index < -0.39 is 7.52 Å². The quantitative estimate of drug-likeness (QED) is 0.500. The van der Waals surface area contributed by atoms with Crippen LogP contribution >= 0.6 is 7.52 Å². The van der Waals surface area contributed by atoms with Gasteiger partial charge >= 0.3 is 7.52 Å². The largest absolute Gasteiger partial charge is 0.494 e. The highest BCUT2D eigenvalue weighted by molar-refractivity contribution is 7.68. The van der Waals surface area contributed by atoms with Crippen molar-refractivity contribution in [1.29, 1.82) is 0 Å². The molecule has 1 N–H and O–H groups in total. The van der Waals surface area contributed by atoms with Crippen molar-refractivity contribution in [3.05, 3.63) is 54.6 Å². The lowest BCUT2D eigenvalue weighted by molar-refractivity contribution is 0.0506. The molecule has 1 saturated carbocycles. The SMILES string of the molecule is CCOc1ccc(N[P@](=O)(O[C@@H]2C[C@@H](C)CC[C@@H]2C(C)C)c2ccccc2)cc1. The average molecular weight is 416 g/mol. The molecule has 1 aliphatic carbocycles. The fraction of sp³-hybridized carbons (Fsp3) is 0.500. The fourth-order valence-electron chi connectivity index (χ4n) is 4.16. The second kappa shape index (κ2) is 9.82. The first-order valence-corrected chi connectivity index (χ1v) is 12.4. The summed E-state index contributed by atoms with van der Waals surface area (Å²) in [6.45, 7) is 9.32. The lowest BCUT2D eigenvalue weighted by Gasteiger charge is -2.39. The Bertz CT molecular complexity index is 807. The Balaban J connectivity index is 1.88. The zero-order valence-electron chi connectivity index (χ0n) is 18.0. The van der Waals surface area contributed by atoms with Crippen LogP contribution in [-0.4, -0.2) is 12.7 Å². The summed E-state index contributed by atoms with van der Waals surface area (Å²) in [4.78, 5) is 0. The number of nitrogens with one attached hydrogen (secondary N) is 1. The third-order valence-corrected chi connectivity index (χ3v) is 7.88. The minimum atomic E-state index is -3.29. The first-order chi connectivity index (χ1) is 13.9. The van der Waals surface area contributed by atoms with E-state index in [1.165, 1.54) is 6.42 Å². The van der Waals surface area contributed by atoms with Crippen molar-refractivity contribution in [2.75, 3.05) is 11.7 Å². The molecule has 4 nitrogen and oxygen atoms in total. The van der Waals surface area contributed by atoms with Gasteiger partial charge in [-0.25, -0.2) is 0 Å². The van der Waals surface area contributed by atoms with Gasteiger partial charge in [-0.2, -0.15) is 0 Å². The van der Waals surface area contributed by atoms with Gasteiger partial charge in [0.2, 0.25) is 0 Å². The lowest BCUT2D eigenvalue weighted by atomic mass is 9.75. The molecular formula is C24H34NO3P. The maximum absolute atomic E-state index is 14.2. The van der Waals surface area contributed by atoms with Crippen LogP contribution in [0.1, 0.15) is 47.0 Å². The van der Waals surface area contributed by atoms with Crippen LogP contribution in [0.25, 0.3) is 0 Å². The summed E-state index contributed by atoms with van der Waals surface area (Å²) in [5, 5.41) is 3.94. The molecule has 0 heterocycles. The third kappa shape index (κ3) is 5.65. The number of hydrogen-bond donors (Lipinski definition) is 1. The summed E-state index contributed by atoms with van der Waals surface area (Å²) in [5.41, 5.74) is 0.769. The number of ether oxygens (including phenoxy) is 1. The Kier molecular flexibility index (Phi) is 7.43. The van der Waals surface area contributed by atoms with Gasteiger partial charge in [-0.15, -0.1) is 0 Å². The highest BCUT2D eigenvalue weighted by Gasteiger charge is 2.38. The minimum Gasteiger partial charge on any atom is -0.494 e. The molecule has 0 radical (unpaired) electrons. The summed E-state index contributed by atoms with van der Waals surface area (Å²) in [6.07, 6.45) is 3.27. The van der Waals surface area contributed by atoms with E-state index in [1.807, 2.05) is 61.5 Å². The molecule has 0 unspecified atom stereocenters. The van der Waals surface area contributed by atoms with Crippen molar-refractivity contribution in [2.24, 2.45) is 17.8 Å². The third-order valence-electron chi connectivity index (χ3n) is 5.78. The van der Waals surface area contributed by atoms with Crippen LogP contribution in [0.15, 0.2) is 54.6 Å². The summed E-state index contributed by atoms with van der Waals surface area (Å²) in [5.74, 6) is 2.31. The van der Waals surface area contributed by atoms with Crippen molar-refractivity contribution < 1.29 is 13.8 Å². The molecule has 0 spiro atoms. The zero-order valence-corrected chi connectivity index (χ0v) is 18.9. The lowest BCUT2D eigenvalue weighted by Crippen LogP contribution is -2.35. The van der Waals surface area contributed by atoms with Gasteiger partial charge in [-0.3, -0.25) is 4.57 Å². The molecule has 0 saturated heterocycles. The van der Waals surface area contributed by atoms with E-state index in [-0.39, 0.29) is 6.10 Å². The zero-order chi connectivity index (χ0) is 20.9. The van der Waals surface area contributed by atoms with E-state index in [4.69, 9.17) is 9.26 Å². The molecule has 1 aliphatic rings. The molecule has 158 valence electrons. The van der Waals surface area contributed by atoms with Crippen LogP contribution < -0.4 is 15.1 Å². The maximum Gasteiger partial charge on any atom is 0.324 e. The van der Waals surface area contributed by atoms with Gasteiger partial charge in [0.25, 0.3) is 0 Å². The molecule has 2 aromatic rings. The molecule has 0 amide bonds. The summed E-state index contributed by atoms with van der Waals surface area (Å²) in [6, 6.07) is 17.1. The molecule has 5 heteroatoms. The Morgan fingerprint density at radius 3 is 2.38 bits per heavy atom. The van der Waals surface area contributed by atoms with Crippen molar-refractivity contribution in [1.82, 2.24) is 0 Å². The normalized spacial score (nSPS) is 24.1. The van der Waals surface area contributed by atoms with E-state index in [1.54, 1.807) is 0 Å². The number of anilines is 1. The number of benzene rings is 2. The predicted molar refractivity (Wildman–Crippen MR) is 121 cm³/mol. The molecule has 1 fully saturated rings. The molecule has 3 rings (SSSR count). The monoisotopic (exact) mass is 415 g/mol. The molecule has 4 atom stereocenters. The maximum atomic E-state index is 14.2. The van der Waals surface area contributed by atoms with Crippen LogP contribution in [0.2, 0.25) is 0 Å². The molecule has 0 aliphatic heterocycles. The molecule has 0 bridgehead atoms. The Hall–Kier alpha value is -1.77. The van der Waals surface area contributed by atoms with Crippen LogP contribution in [0.5, 0.6) is 5.75 Å². The smallest absolute Gasteiger partial charge is 0.324 e. The van der Waals surface area contributed by atoms with E-state index in [2.05, 4.69) is 25.9 Å². The summed E-state index contributed by atoms with van der Waals surface area (Å²) >= 11 is 0. The van der Waals surface area contributed by atoms with Gasteiger partial charge in [0.15, 0.2) is 0 Å². The van der Waals surface area contributed by atoms with Gasteiger partial charge < -0.3 is 14.3 Å². The molecule has 29 heavy (non-hydrogen) atoms. The molecule has 0 aromatic heterocycles. The fourth-order valence-corrected chi connectivity index (χ4v) is 6.15. The number of hydrogen-bond acceptors (Lipinski definition) is 3. The average Bonchev–Trinajstić information content (AvgIpc) is 2.70. The van der Waals surface area contributed by atoms with Gasteiger partial charge in [-0.05, 0) is 73.9 Å². The Labute approximate surface area is 175 Å². The van der Waals surface area contributed by atoms with Gasteiger partial charge in [-0.1, -0.05) is 45.4 Å². The summed E-state index contributed by atoms with van der Waals surface area (Å²) in [7, 11) is -3.29. The molecule has 2 aromatic carbocycles. The first kappa shape index (κ1) is 21.9. The second-order valence-corrected chi connectivity index (χ2v) is 10.5. The standard InChI is InChI=1S/C24H34NO3P/c1-5-27-21-14-12-20(13-15-21)25-29(26,22-9-7-6-8-10-22)28-24-17-19(4)11-16-23(24)18(2)3/h6-10,12-15,18-19,23-24H,5,11,16-17H2,1-4H3,(H,25,26)/t19-,23+,24+,29+/m0/s1. The van der Waals surface area contributed by atoms with Gasteiger partial charge in [0, 0.05) is 5.69 Å². The van der Waals surface area contributed by atoms with E-state index >= 15 is 0 Å². The van der Waals surface area contributed by atoms with Crippen LogP contribution in [0, 0.1) is 17.8 Å². The minimum absolute atomic E-state index is 0.0139. The number of rotatable bonds is 8. The highest BCUT2D eigenvalue weighted by Crippen LogP contribution is 2.51. The molecular weight excluding hydrogens is 381 g/mol. The van der Waals surface area contributed by atoms with Crippen molar-refractivity contribution in [3.8, 4) is 5.75 Å². The Morgan fingerprint density at radius 1 is 1.07 bits per heavy atom. The van der Waals surface area contributed by atoms with Crippen molar-refractivity contribution in [2.45, 2.75) is 53.1 Å². The van der Waals surface area contributed by atoms with Gasteiger partial charge in [0.05, 0.1) is 18.0 Å².